The molecule has 2 aliphatic heterocycles. The van der Waals surface area contributed by atoms with Crippen LogP contribution in [0.2, 0.25) is 0 Å². The minimum Gasteiger partial charge on any atom is -0.316 e. The van der Waals surface area contributed by atoms with Crippen LogP contribution in [0, 0.1) is 5.41 Å². The van der Waals surface area contributed by atoms with Crippen molar-refractivity contribution in [2.24, 2.45) is 5.41 Å². The second-order valence-corrected chi connectivity index (χ2v) is 6.40. The molecule has 3 rings (SSSR count). The van der Waals surface area contributed by atoms with Crippen LogP contribution in [-0.4, -0.2) is 31.3 Å². The quantitative estimate of drug-likeness (QED) is 0.841. The van der Waals surface area contributed by atoms with E-state index in [2.05, 4.69) is 24.4 Å². The highest BCUT2D eigenvalue weighted by Gasteiger charge is 2.40. The van der Waals surface area contributed by atoms with Gasteiger partial charge in [0.2, 0.25) is 5.91 Å². The molecule has 1 unspecified atom stereocenters. The maximum absolute atomic E-state index is 12.8. The van der Waals surface area contributed by atoms with E-state index in [1.165, 1.54) is 4.90 Å². The smallest absolute Gasteiger partial charge is 0.234 e. The fourth-order valence-electron chi connectivity index (χ4n) is 2.71. The lowest BCUT2D eigenvalue weighted by Gasteiger charge is -2.34. The molecule has 1 aromatic carbocycles. The van der Waals surface area contributed by atoms with Crippen LogP contribution in [0.25, 0.3) is 0 Å². The first kappa shape index (κ1) is 12.1. The van der Waals surface area contributed by atoms with Crippen LogP contribution in [0.5, 0.6) is 0 Å². The summed E-state index contributed by atoms with van der Waals surface area (Å²) in [6.07, 6.45) is 0.942. The van der Waals surface area contributed by atoms with Gasteiger partial charge in [-0.2, -0.15) is 0 Å². The maximum Gasteiger partial charge on any atom is 0.234 e. The number of rotatable bonds is 1. The van der Waals surface area contributed by atoms with E-state index in [1.54, 1.807) is 0 Å². The highest BCUT2D eigenvalue weighted by atomic mass is 32.2. The van der Waals surface area contributed by atoms with Crippen LogP contribution in [0.4, 0.5) is 5.69 Å². The Balaban J connectivity index is 1.92. The van der Waals surface area contributed by atoms with E-state index in [0.717, 1.165) is 37.5 Å². The molecule has 1 N–H and O–H groups in total. The van der Waals surface area contributed by atoms with Crippen LogP contribution in [-0.2, 0) is 4.79 Å². The van der Waals surface area contributed by atoms with Crippen LogP contribution in [0.15, 0.2) is 29.2 Å². The number of amides is 1. The minimum absolute atomic E-state index is 0.227. The predicted molar refractivity (Wildman–Crippen MR) is 75.1 cm³/mol. The largest absolute Gasteiger partial charge is 0.316 e. The molecule has 0 spiro atoms. The van der Waals surface area contributed by atoms with E-state index < -0.39 is 0 Å². The van der Waals surface area contributed by atoms with E-state index in [-0.39, 0.29) is 11.3 Å². The number of thioether (sulfide) groups is 1. The molecule has 2 aliphatic rings. The number of nitrogens with zero attached hydrogens (tertiary/aromatic N) is 1. The molecule has 1 amide bonds. The molecular formula is C14H18N2OS. The topological polar surface area (TPSA) is 32.3 Å². The van der Waals surface area contributed by atoms with Crippen molar-refractivity contribution in [1.29, 1.82) is 0 Å². The van der Waals surface area contributed by atoms with Crippen molar-refractivity contribution in [1.82, 2.24) is 5.32 Å². The molecule has 96 valence electrons. The molecule has 1 aromatic rings. The fourth-order valence-corrected chi connectivity index (χ4v) is 3.70. The summed E-state index contributed by atoms with van der Waals surface area (Å²) in [5.41, 5.74) is 0.863. The van der Waals surface area contributed by atoms with Gasteiger partial charge in [-0.25, -0.2) is 0 Å². The van der Waals surface area contributed by atoms with Gasteiger partial charge >= 0.3 is 0 Å². The second-order valence-electron chi connectivity index (χ2n) is 5.26. The van der Waals surface area contributed by atoms with Gasteiger partial charge in [0.25, 0.3) is 0 Å². The van der Waals surface area contributed by atoms with E-state index in [4.69, 9.17) is 0 Å². The van der Waals surface area contributed by atoms with E-state index in [1.807, 2.05) is 28.8 Å². The van der Waals surface area contributed by atoms with Gasteiger partial charge in [-0.3, -0.25) is 4.79 Å². The lowest BCUT2D eigenvalue weighted by Crippen LogP contribution is -2.46. The first-order valence-electron chi connectivity index (χ1n) is 6.45. The van der Waals surface area contributed by atoms with Crippen LogP contribution in [0.1, 0.15) is 13.3 Å². The van der Waals surface area contributed by atoms with Crippen molar-refractivity contribution in [3.05, 3.63) is 24.3 Å². The Morgan fingerprint density at radius 1 is 1.44 bits per heavy atom. The van der Waals surface area contributed by atoms with Gasteiger partial charge in [0.1, 0.15) is 0 Å². The highest BCUT2D eigenvalue weighted by molar-refractivity contribution is 7.99. The zero-order valence-corrected chi connectivity index (χ0v) is 11.4. The van der Waals surface area contributed by atoms with Crippen molar-refractivity contribution in [2.75, 3.05) is 30.3 Å². The number of para-hydroxylation sites is 1. The summed E-state index contributed by atoms with van der Waals surface area (Å²) in [5.74, 6) is 1.27. The van der Waals surface area contributed by atoms with Gasteiger partial charge < -0.3 is 10.2 Å². The summed E-state index contributed by atoms with van der Waals surface area (Å²) >= 11 is 1.84. The summed E-state index contributed by atoms with van der Waals surface area (Å²) in [4.78, 5) is 16.0. The van der Waals surface area contributed by atoms with Gasteiger partial charge in [-0.1, -0.05) is 12.1 Å². The molecule has 0 aromatic heterocycles. The van der Waals surface area contributed by atoms with E-state index >= 15 is 0 Å². The zero-order valence-electron chi connectivity index (χ0n) is 10.6. The molecule has 2 heterocycles. The number of nitrogens with one attached hydrogen (secondary N) is 1. The van der Waals surface area contributed by atoms with Crippen LogP contribution in [0.3, 0.4) is 0 Å². The summed E-state index contributed by atoms with van der Waals surface area (Å²) in [6.45, 7) is 4.67. The molecule has 0 bridgehead atoms. The number of fused-ring (bicyclic) bond motifs is 1. The standard InChI is InChI=1S/C14H18N2OS/c1-14(6-7-15-10-14)13(17)16-8-9-18-12-5-3-2-4-11(12)16/h2-5,15H,6-10H2,1H3. The summed E-state index contributed by atoms with van der Waals surface area (Å²) < 4.78 is 0. The molecule has 18 heavy (non-hydrogen) atoms. The Bertz CT molecular complexity index is 469. The third-order valence-corrected chi connectivity index (χ3v) is 4.90. The van der Waals surface area contributed by atoms with E-state index in [0.29, 0.717) is 0 Å². The monoisotopic (exact) mass is 262 g/mol. The Morgan fingerprint density at radius 3 is 3.06 bits per heavy atom. The van der Waals surface area contributed by atoms with Crippen molar-refractivity contribution >= 4 is 23.4 Å². The molecular weight excluding hydrogens is 244 g/mol. The summed E-state index contributed by atoms with van der Waals surface area (Å²) in [7, 11) is 0. The average Bonchev–Trinajstić information content (AvgIpc) is 2.85. The third kappa shape index (κ3) is 1.93. The van der Waals surface area contributed by atoms with Crippen LogP contribution < -0.4 is 10.2 Å². The average molecular weight is 262 g/mol. The third-order valence-electron chi connectivity index (χ3n) is 3.86. The lowest BCUT2D eigenvalue weighted by atomic mass is 9.88. The Hall–Kier alpha value is -1.00. The van der Waals surface area contributed by atoms with E-state index in [9.17, 15) is 4.79 Å². The molecule has 4 heteroatoms. The normalized spacial score (nSPS) is 27.1. The predicted octanol–water partition coefficient (Wildman–Crippen LogP) is 2.12. The number of carbonyl (C=O) groups is 1. The van der Waals surface area contributed by atoms with Crippen molar-refractivity contribution in [2.45, 2.75) is 18.2 Å². The summed E-state index contributed by atoms with van der Waals surface area (Å²) in [5, 5.41) is 3.30. The second kappa shape index (κ2) is 4.59. The Labute approximate surface area is 112 Å². The van der Waals surface area contributed by atoms with Gasteiger partial charge in [0, 0.05) is 23.7 Å². The van der Waals surface area contributed by atoms with Crippen molar-refractivity contribution in [3.8, 4) is 0 Å². The molecule has 0 aliphatic carbocycles. The molecule has 0 saturated carbocycles. The molecule has 1 saturated heterocycles. The number of hydrogen-bond donors (Lipinski definition) is 1. The molecule has 0 radical (unpaired) electrons. The lowest BCUT2D eigenvalue weighted by molar-refractivity contribution is -0.126. The Morgan fingerprint density at radius 2 is 2.28 bits per heavy atom. The zero-order chi connectivity index (χ0) is 12.6. The fraction of sp³-hybridized carbons (Fsp3) is 0.500. The number of carbonyl (C=O) groups excluding carboxylic acids is 1. The molecule has 1 atom stereocenters. The van der Waals surface area contributed by atoms with Gasteiger partial charge in [-0.05, 0) is 32.0 Å². The number of anilines is 1. The SMILES string of the molecule is CC1(C(=O)N2CCSc3ccccc32)CCNC1. The van der Waals surface area contributed by atoms with Crippen molar-refractivity contribution < 1.29 is 4.79 Å². The first-order chi connectivity index (χ1) is 8.71. The molecule has 3 nitrogen and oxygen atoms in total. The van der Waals surface area contributed by atoms with Crippen LogP contribution >= 0.6 is 11.8 Å². The summed E-state index contributed by atoms with van der Waals surface area (Å²) in [6, 6.07) is 8.22. The van der Waals surface area contributed by atoms with Gasteiger partial charge in [0.15, 0.2) is 0 Å². The first-order valence-corrected chi connectivity index (χ1v) is 7.44. The van der Waals surface area contributed by atoms with Gasteiger partial charge in [0.05, 0.1) is 11.1 Å². The number of benzene rings is 1. The maximum atomic E-state index is 12.8. The molecule has 1 fully saturated rings. The van der Waals surface area contributed by atoms with Crippen molar-refractivity contribution in [3.63, 3.8) is 0 Å². The minimum atomic E-state index is -0.227. The Kier molecular flexibility index (Phi) is 3.08. The van der Waals surface area contributed by atoms with Gasteiger partial charge in [-0.15, -0.1) is 11.8 Å². The highest BCUT2D eigenvalue weighted by Crippen LogP contribution is 2.37. The number of hydrogen-bond acceptors (Lipinski definition) is 3.